The quantitative estimate of drug-likeness (QED) is 0.657. The topological polar surface area (TPSA) is 56.7 Å². The molecule has 132 valence electrons. The average Bonchev–Trinajstić information content (AvgIpc) is 2.49. The minimum Gasteiger partial charge on any atom is -0.356 e. The van der Waals surface area contributed by atoms with Crippen molar-refractivity contribution >= 4 is 17.6 Å². The molecule has 2 rings (SSSR count). The van der Waals surface area contributed by atoms with Crippen molar-refractivity contribution in [1.82, 2.24) is 10.2 Å². The third kappa shape index (κ3) is 3.68. The van der Waals surface area contributed by atoms with Gasteiger partial charge in [-0.1, -0.05) is 19.9 Å². The Hall–Kier alpha value is -2.11. The van der Waals surface area contributed by atoms with Crippen molar-refractivity contribution in [3.05, 3.63) is 30.1 Å². The molecule has 6 heteroatoms. The van der Waals surface area contributed by atoms with Crippen LogP contribution < -0.4 is 10.6 Å². The molecule has 0 aromatic heterocycles. The molecule has 0 atom stereocenters. The summed E-state index contributed by atoms with van der Waals surface area (Å²) in [7, 11) is 0. The number of carbonyl (C=O) groups is 1. The molecule has 1 saturated heterocycles. The average molecular weight is 334 g/mol. The predicted molar refractivity (Wildman–Crippen MR) is 95.6 cm³/mol. The molecule has 1 aromatic rings. The van der Waals surface area contributed by atoms with Gasteiger partial charge in [0.25, 0.3) is 0 Å². The van der Waals surface area contributed by atoms with Crippen LogP contribution in [0.4, 0.5) is 10.1 Å². The summed E-state index contributed by atoms with van der Waals surface area (Å²) in [6, 6.07) is 5.83. The smallest absolute Gasteiger partial charge is 0.246 e. The fourth-order valence-electron chi connectivity index (χ4n) is 2.71. The molecule has 1 heterocycles. The van der Waals surface area contributed by atoms with Crippen molar-refractivity contribution < 1.29 is 9.18 Å². The fourth-order valence-corrected chi connectivity index (χ4v) is 2.71. The molecule has 0 aliphatic carbocycles. The maximum Gasteiger partial charge on any atom is 0.246 e. The summed E-state index contributed by atoms with van der Waals surface area (Å²) in [5, 5.41) is 5.90. The third-order valence-electron chi connectivity index (χ3n) is 4.96. The molecular formula is C18H27FN4O. The first kappa shape index (κ1) is 18.2. The second-order valence-electron chi connectivity index (χ2n) is 7.26. The monoisotopic (exact) mass is 334 g/mol. The van der Waals surface area contributed by atoms with Crippen molar-refractivity contribution in [3.63, 3.8) is 0 Å². The van der Waals surface area contributed by atoms with Crippen LogP contribution in [0.3, 0.4) is 0 Å². The lowest BCUT2D eigenvalue weighted by Crippen LogP contribution is -2.72. The van der Waals surface area contributed by atoms with Crippen molar-refractivity contribution in [1.29, 1.82) is 0 Å². The molecule has 0 unspecified atom stereocenters. The van der Waals surface area contributed by atoms with E-state index in [4.69, 9.17) is 0 Å². The molecule has 2 N–H and O–H groups in total. The fraction of sp³-hybridized carbons (Fsp3) is 0.556. The van der Waals surface area contributed by atoms with E-state index in [0.29, 0.717) is 5.69 Å². The van der Waals surface area contributed by atoms with Gasteiger partial charge in [0.15, 0.2) is 5.96 Å². The zero-order chi connectivity index (χ0) is 18.0. The van der Waals surface area contributed by atoms with Crippen LogP contribution in [-0.4, -0.2) is 41.9 Å². The van der Waals surface area contributed by atoms with E-state index < -0.39 is 0 Å². The summed E-state index contributed by atoms with van der Waals surface area (Å²) in [5.74, 6) is 0.0824. The molecule has 1 fully saturated rings. The number of rotatable bonds is 4. The van der Waals surface area contributed by atoms with E-state index in [1.54, 1.807) is 12.1 Å². The Labute approximate surface area is 143 Å². The number of amides is 1. The van der Waals surface area contributed by atoms with Gasteiger partial charge in [-0.2, -0.15) is 0 Å². The van der Waals surface area contributed by atoms with E-state index in [2.05, 4.69) is 48.2 Å². The van der Waals surface area contributed by atoms with Crippen molar-refractivity contribution in [2.45, 2.75) is 40.2 Å². The molecule has 1 aromatic carbocycles. The van der Waals surface area contributed by atoms with Gasteiger partial charge in [0, 0.05) is 29.7 Å². The summed E-state index contributed by atoms with van der Waals surface area (Å²) < 4.78 is 13.2. The number of carbonyl (C=O) groups excluding carboxylic acids is 1. The Balaban J connectivity index is 2.02. The van der Waals surface area contributed by atoms with Crippen LogP contribution in [0.25, 0.3) is 0 Å². The number of nitrogens with one attached hydrogen (secondary N) is 2. The second kappa shape index (κ2) is 6.79. The standard InChI is InChI=1S/C18H27FN4O/c1-6-20-16(23-12-17(2,3)18(23,4)5)21-11-15(24)22-14-9-7-8-13(19)10-14/h7-10H,6,11-12H2,1-5H3,(H,20,21)(H,22,24). The van der Waals surface area contributed by atoms with E-state index in [-0.39, 0.29) is 29.2 Å². The van der Waals surface area contributed by atoms with Crippen LogP contribution in [0.2, 0.25) is 0 Å². The lowest BCUT2D eigenvalue weighted by Gasteiger charge is -2.62. The summed E-state index contributed by atoms with van der Waals surface area (Å²) in [4.78, 5) is 18.7. The molecular weight excluding hydrogens is 307 g/mol. The maximum absolute atomic E-state index is 13.2. The minimum atomic E-state index is -0.380. The van der Waals surface area contributed by atoms with Gasteiger partial charge in [-0.25, -0.2) is 9.38 Å². The van der Waals surface area contributed by atoms with Gasteiger partial charge < -0.3 is 15.5 Å². The number of likely N-dealkylation sites (tertiary alicyclic amines) is 1. The molecule has 0 spiro atoms. The third-order valence-corrected chi connectivity index (χ3v) is 4.96. The number of benzene rings is 1. The lowest BCUT2D eigenvalue weighted by atomic mass is 9.65. The Bertz CT molecular complexity index is 640. The number of halogens is 1. The second-order valence-corrected chi connectivity index (χ2v) is 7.26. The maximum atomic E-state index is 13.2. The molecule has 0 saturated carbocycles. The molecule has 1 amide bonds. The first-order valence-corrected chi connectivity index (χ1v) is 8.29. The van der Waals surface area contributed by atoms with Gasteiger partial charge in [-0.3, -0.25) is 4.79 Å². The molecule has 1 aliphatic heterocycles. The summed E-state index contributed by atoms with van der Waals surface area (Å²) in [6.07, 6.45) is 0. The number of hydrogen-bond donors (Lipinski definition) is 2. The van der Waals surface area contributed by atoms with Crippen LogP contribution in [0.1, 0.15) is 34.6 Å². The van der Waals surface area contributed by atoms with E-state index in [0.717, 1.165) is 19.0 Å². The van der Waals surface area contributed by atoms with Crippen LogP contribution in [-0.2, 0) is 4.79 Å². The first-order chi connectivity index (χ1) is 11.2. The normalized spacial score (nSPS) is 18.8. The Morgan fingerprint density at radius 3 is 2.58 bits per heavy atom. The van der Waals surface area contributed by atoms with Crippen LogP contribution in [0.5, 0.6) is 0 Å². The van der Waals surface area contributed by atoms with Crippen molar-refractivity contribution in [2.24, 2.45) is 10.4 Å². The van der Waals surface area contributed by atoms with Gasteiger partial charge in [-0.05, 0) is 39.0 Å². The number of anilines is 1. The summed E-state index contributed by atoms with van der Waals surface area (Å²) in [5.41, 5.74) is 0.589. The predicted octanol–water partition coefficient (Wildman–Crippen LogP) is 2.85. The molecule has 1 aliphatic rings. The number of hydrogen-bond acceptors (Lipinski definition) is 2. The number of guanidine groups is 1. The van der Waals surface area contributed by atoms with Gasteiger partial charge in [-0.15, -0.1) is 0 Å². The highest BCUT2D eigenvalue weighted by Crippen LogP contribution is 2.46. The highest BCUT2D eigenvalue weighted by molar-refractivity contribution is 5.94. The van der Waals surface area contributed by atoms with Crippen LogP contribution in [0.15, 0.2) is 29.3 Å². The Kier molecular flexibility index (Phi) is 5.16. The largest absolute Gasteiger partial charge is 0.356 e. The van der Waals surface area contributed by atoms with E-state index in [1.165, 1.54) is 12.1 Å². The van der Waals surface area contributed by atoms with E-state index >= 15 is 0 Å². The molecule has 5 nitrogen and oxygen atoms in total. The zero-order valence-corrected chi connectivity index (χ0v) is 15.1. The van der Waals surface area contributed by atoms with Gasteiger partial charge >= 0.3 is 0 Å². The Morgan fingerprint density at radius 2 is 2.04 bits per heavy atom. The van der Waals surface area contributed by atoms with Gasteiger partial charge in [0.2, 0.25) is 5.91 Å². The SMILES string of the molecule is CCNC(=NCC(=O)Nc1cccc(F)c1)N1CC(C)(C)C1(C)C. The summed E-state index contributed by atoms with van der Waals surface area (Å²) >= 11 is 0. The Morgan fingerprint density at radius 1 is 1.33 bits per heavy atom. The van der Waals surface area contributed by atoms with Crippen molar-refractivity contribution in [2.75, 3.05) is 25.0 Å². The van der Waals surface area contributed by atoms with Crippen molar-refractivity contribution in [3.8, 4) is 0 Å². The zero-order valence-electron chi connectivity index (χ0n) is 15.1. The highest BCUT2D eigenvalue weighted by Gasteiger charge is 2.53. The number of nitrogens with zero attached hydrogens (tertiary/aromatic N) is 2. The van der Waals surface area contributed by atoms with E-state index in [1.807, 2.05) is 6.92 Å². The molecule has 0 bridgehead atoms. The summed E-state index contributed by atoms with van der Waals surface area (Å²) in [6.45, 7) is 12.4. The molecule has 24 heavy (non-hydrogen) atoms. The first-order valence-electron chi connectivity index (χ1n) is 8.29. The lowest BCUT2D eigenvalue weighted by molar-refractivity contribution is -0.115. The van der Waals surface area contributed by atoms with Crippen LogP contribution in [0, 0.1) is 11.2 Å². The van der Waals surface area contributed by atoms with E-state index in [9.17, 15) is 9.18 Å². The minimum absolute atomic E-state index is 0.00808. The molecule has 0 radical (unpaired) electrons. The van der Waals surface area contributed by atoms with Gasteiger partial charge in [0.05, 0.1) is 0 Å². The highest BCUT2D eigenvalue weighted by atomic mass is 19.1. The van der Waals surface area contributed by atoms with Crippen LogP contribution >= 0.6 is 0 Å². The van der Waals surface area contributed by atoms with Gasteiger partial charge in [0.1, 0.15) is 12.4 Å². The number of aliphatic imine (C=N–C) groups is 1.